The zero-order chi connectivity index (χ0) is 47.7. The molecule has 0 rings (SSSR count). The van der Waals surface area contributed by atoms with Crippen molar-refractivity contribution < 1.29 is 25.2 Å². The molecule has 0 aliphatic heterocycles. The van der Waals surface area contributed by atoms with E-state index in [2.05, 4.69) is 42.8 Å². The summed E-state index contributed by atoms with van der Waals surface area (Å²) in [6, 6.07) is 0. The van der Waals surface area contributed by atoms with Crippen molar-refractivity contribution in [1.29, 1.82) is 0 Å². The van der Waals surface area contributed by atoms with Crippen LogP contribution in [0, 0.1) is 0 Å². The highest BCUT2D eigenvalue weighted by molar-refractivity contribution is 5.75. The SMILES string of the molecule is CCCCCCCCCCC(O)CN(CCCCNC(=O)CCCCN(CC(O)CCCCCCCCCC)CC(O)CCCCCCCCCC)CC(O)CCCCCCCCCC. The molecule has 0 heterocycles. The van der Waals surface area contributed by atoms with E-state index in [9.17, 15) is 25.2 Å². The molecule has 0 saturated heterocycles. The molecule has 0 aliphatic rings. The lowest BCUT2D eigenvalue weighted by molar-refractivity contribution is -0.121. The zero-order valence-electron chi connectivity index (χ0n) is 44.3. The fourth-order valence-electron chi connectivity index (χ4n) is 9.52. The Hall–Kier alpha value is -0.770. The third-order valence-corrected chi connectivity index (χ3v) is 13.8. The van der Waals surface area contributed by atoms with Gasteiger partial charge in [0.15, 0.2) is 0 Å². The summed E-state index contributed by atoms with van der Waals surface area (Å²) in [4.78, 5) is 17.4. The van der Waals surface area contributed by atoms with Gasteiger partial charge in [0.05, 0.1) is 24.4 Å². The van der Waals surface area contributed by atoms with Crippen molar-refractivity contribution in [3.05, 3.63) is 0 Å². The minimum Gasteiger partial charge on any atom is -0.392 e. The Balaban J connectivity index is 4.78. The maximum Gasteiger partial charge on any atom is 0.219 e. The second-order valence-electron chi connectivity index (χ2n) is 20.7. The quantitative estimate of drug-likeness (QED) is 0.0386. The van der Waals surface area contributed by atoms with Crippen LogP contribution in [0.5, 0.6) is 0 Å². The van der Waals surface area contributed by atoms with Crippen molar-refractivity contribution in [2.75, 3.05) is 45.8 Å². The van der Waals surface area contributed by atoms with E-state index >= 15 is 0 Å². The van der Waals surface area contributed by atoms with Crippen LogP contribution >= 0.6 is 0 Å². The maximum absolute atomic E-state index is 12.9. The van der Waals surface area contributed by atoms with Crippen LogP contribution in [0.4, 0.5) is 0 Å². The number of unbranched alkanes of at least 4 members (excludes halogenated alkanes) is 30. The van der Waals surface area contributed by atoms with Crippen LogP contribution in [0.1, 0.15) is 291 Å². The van der Waals surface area contributed by atoms with Gasteiger partial charge < -0.3 is 25.7 Å². The number of aliphatic hydroxyl groups is 4. The minimum atomic E-state index is -0.374. The molecular formula is C57H117N3O5. The fourth-order valence-corrected chi connectivity index (χ4v) is 9.52. The van der Waals surface area contributed by atoms with E-state index < -0.39 is 0 Å². The molecule has 0 fully saturated rings. The first kappa shape index (κ1) is 64.2. The van der Waals surface area contributed by atoms with E-state index in [-0.39, 0.29) is 30.3 Å². The molecule has 0 aromatic rings. The normalized spacial score (nSPS) is 13.8. The summed E-state index contributed by atoms with van der Waals surface area (Å²) in [6.07, 6.45) is 46.2. The van der Waals surface area contributed by atoms with Gasteiger partial charge in [0.1, 0.15) is 0 Å². The largest absolute Gasteiger partial charge is 0.392 e. The van der Waals surface area contributed by atoms with E-state index in [1.807, 2.05) is 0 Å². The van der Waals surface area contributed by atoms with Gasteiger partial charge in [-0.25, -0.2) is 0 Å². The fraction of sp³-hybridized carbons (Fsp3) is 0.982. The number of nitrogens with one attached hydrogen (secondary N) is 1. The Morgan fingerprint density at radius 3 is 0.862 bits per heavy atom. The average molecular weight is 925 g/mol. The number of nitrogens with zero attached hydrogens (tertiary/aromatic N) is 2. The Labute approximate surface area is 406 Å². The molecular weight excluding hydrogens is 807 g/mol. The third-order valence-electron chi connectivity index (χ3n) is 13.8. The topological polar surface area (TPSA) is 117 Å². The van der Waals surface area contributed by atoms with Crippen molar-refractivity contribution in [2.24, 2.45) is 0 Å². The molecule has 8 heteroatoms. The van der Waals surface area contributed by atoms with E-state index in [0.717, 1.165) is 90.1 Å². The second-order valence-corrected chi connectivity index (χ2v) is 20.7. The second kappa shape index (κ2) is 51.1. The molecule has 4 unspecified atom stereocenters. The molecule has 0 aromatic carbocycles. The van der Waals surface area contributed by atoms with Crippen LogP contribution in [0.25, 0.3) is 0 Å². The lowest BCUT2D eigenvalue weighted by Gasteiger charge is -2.27. The molecule has 0 bridgehead atoms. The molecule has 0 spiro atoms. The predicted octanol–water partition coefficient (Wildman–Crippen LogP) is 14.2. The molecule has 0 radical (unpaired) electrons. The summed E-state index contributed by atoms with van der Waals surface area (Å²) in [6.45, 7) is 13.7. The van der Waals surface area contributed by atoms with Crippen molar-refractivity contribution in [1.82, 2.24) is 15.1 Å². The predicted molar refractivity (Wildman–Crippen MR) is 282 cm³/mol. The van der Waals surface area contributed by atoms with Crippen molar-refractivity contribution in [3.8, 4) is 0 Å². The molecule has 0 aromatic heterocycles. The van der Waals surface area contributed by atoms with E-state index in [1.54, 1.807) is 0 Å². The Bertz CT molecular complexity index is 886. The van der Waals surface area contributed by atoms with E-state index in [4.69, 9.17) is 0 Å². The minimum absolute atomic E-state index is 0.0967. The summed E-state index contributed by atoms with van der Waals surface area (Å²) in [5.74, 6) is 0.0967. The first-order valence-electron chi connectivity index (χ1n) is 29.2. The van der Waals surface area contributed by atoms with Crippen LogP contribution in [-0.2, 0) is 4.79 Å². The number of rotatable bonds is 54. The number of aliphatic hydroxyl groups excluding tert-OH is 4. The number of hydrogen-bond donors (Lipinski definition) is 5. The van der Waals surface area contributed by atoms with Gasteiger partial charge in [-0.3, -0.25) is 14.6 Å². The molecule has 0 saturated carbocycles. The summed E-state index contributed by atoms with van der Waals surface area (Å²) < 4.78 is 0. The molecule has 4 atom stereocenters. The van der Waals surface area contributed by atoms with Crippen LogP contribution < -0.4 is 5.32 Å². The average Bonchev–Trinajstić information content (AvgIpc) is 3.28. The molecule has 0 aliphatic carbocycles. The molecule has 8 nitrogen and oxygen atoms in total. The number of amides is 1. The van der Waals surface area contributed by atoms with Crippen LogP contribution in [0.15, 0.2) is 0 Å². The van der Waals surface area contributed by atoms with Gasteiger partial charge in [0.25, 0.3) is 0 Å². The Morgan fingerprint density at radius 2 is 0.585 bits per heavy atom. The van der Waals surface area contributed by atoms with Crippen molar-refractivity contribution in [2.45, 2.75) is 315 Å². The highest BCUT2D eigenvalue weighted by Crippen LogP contribution is 2.17. The maximum atomic E-state index is 12.9. The Morgan fingerprint density at radius 1 is 0.338 bits per heavy atom. The number of hydrogen-bond acceptors (Lipinski definition) is 7. The number of carbonyl (C=O) groups excluding carboxylic acids is 1. The van der Waals surface area contributed by atoms with Crippen molar-refractivity contribution >= 4 is 5.91 Å². The smallest absolute Gasteiger partial charge is 0.219 e. The van der Waals surface area contributed by atoms with E-state index in [1.165, 1.54) is 180 Å². The van der Waals surface area contributed by atoms with Crippen LogP contribution in [-0.4, -0.2) is 106 Å². The number of carbonyl (C=O) groups is 1. The monoisotopic (exact) mass is 924 g/mol. The van der Waals surface area contributed by atoms with Gasteiger partial charge in [-0.05, 0) is 64.5 Å². The van der Waals surface area contributed by atoms with Gasteiger partial charge in [-0.1, -0.05) is 233 Å². The Kier molecular flexibility index (Phi) is 50.5. The molecule has 65 heavy (non-hydrogen) atoms. The van der Waals surface area contributed by atoms with Gasteiger partial charge in [0, 0.05) is 39.1 Å². The summed E-state index contributed by atoms with van der Waals surface area (Å²) in [7, 11) is 0. The van der Waals surface area contributed by atoms with Gasteiger partial charge in [-0.15, -0.1) is 0 Å². The van der Waals surface area contributed by atoms with Gasteiger partial charge in [-0.2, -0.15) is 0 Å². The lowest BCUT2D eigenvalue weighted by atomic mass is 10.0. The van der Waals surface area contributed by atoms with Gasteiger partial charge in [0.2, 0.25) is 5.91 Å². The first-order chi connectivity index (χ1) is 31.7. The van der Waals surface area contributed by atoms with Crippen LogP contribution in [0.3, 0.4) is 0 Å². The summed E-state index contributed by atoms with van der Waals surface area (Å²) >= 11 is 0. The van der Waals surface area contributed by atoms with Crippen molar-refractivity contribution in [3.63, 3.8) is 0 Å². The first-order valence-corrected chi connectivity index (χ1v) is 29.2. The van der Waals surface area contributed by atoms with Gasteiger partial charge >= 0.3 is 0 Å². The highest BCUT2D eigenvalue weighted by Gasteiger charge is 2.18. The molecule has 5 N–H and O–H groups in total. The van der Waals surface area contributed by atoms with E-state index in [0.29, 0.717) is 39.1 Å². The highest BCUT2D eigenvalue weighted by atomic mass is 16.3. The molecule has 1 amide bonds. The lowest BCUT2D eigenvalue weighted by Crippen LogP contribution is -2.39. The molecule has 390 valence electrons. The van der Waals surface area contributed by atoms with Crippen LogP contribution in [0.2, 0.25) is 0 Å². The zero-order valence-corrected chi connectivity index (χ0v) is 44.3. The summed E-state index contributed by atoms with van der Waals surface area (Å²) in [5.41, 5.74) is 0. The third kappa shape index (κ3) is 48.1. The summed E-state index contributed by atoms with van der Waals surface area (Å²) in [5, 5.41) is 47.1. The standard InChI is InChI=1S/C57H117N3O5/c1-5-9-13-17-21-25-29-33-41-53(61)49-59(50-54(62)42-34-30-26-22-18-14-10-6-2)47-39-37-45-57(65)58-46-38-40-48-60(51-55(63)43-35-31-27-23-19-15-11-7-3)52-56(64)44-36-32-28-24-20-16-12-8-4/h53-56,61-64H,5-52H2,1-4H3,(H,58,65).